The van der Waals surface area contributed by atoms with Gasteiger partial charge in [0.25, 0.3) is 5.91 Å². The number of benzene rings is 2. The van der Waals surface area contributed by atoms with Crippen LogP contribution in [-0.4, -0.2) is 48.3 Å². The average molecular weight is 551 g/mol. The molecule has 8 nitrogen and oxygen atoms in total. The largest absolute Gasteiger partial charge is 0.494 e. The molecule has 0 spiro atoms. The number of hydrogen-bond acceptors (Lipinski definition) is 6. The van der Waals surface area contributed by atoms with Crippen LogP contribution in [0.2, 0.25) is 0 Å². The number of amides is 2. The molecule has 3 aromatic rings. The van der Waals surface area contributed by atoms with Gasteiger partial charge < -0.3 is 25.6 Å². The second-order valence-corrected chi connectivity index (χ2v) is 8.85. The smallest absolute Gasteiger partial charge is 0.424 e. The molecule has 4 rings (SSSR count). The number of methoxy groups -OCH3 is 1. The van der Waals surface area contributed by atoms with Gasteiger partial charge in [-0.05, 0) is 48.5 Å². The standard InChI is InChI=1S/C26H22F5N3O5/c1-38-19-8-14(4-7-18(19)28)24(36)33-12-25(37,26(29,30)31)20-10-17-15(9-21(32)35)11-39-23(17)22(34-20)13-2-5-16(27)6-3-13/h2-8,10,15,37H,9,11-12H2,1H3,(H2,32,35)(H,33,36)/t15-,25?/m1/s1. The van der Waals surface area contributed by atoms with E-state index in [1.54, 1.807) is 0 Å². The van der Waals surface area contributed by atoms with Crippen LogP contribution in [0.4, 0.5) is 22.0 Å². The highest BCUT2D eigenvalue weighted by atomic mass is 19.4. The highest BCUT2D eigenvalue weighted by molar-refractivity contribution is 5.94. The Kier molecular flexibility index (Phi) is 7.46. The Labute approximate surface area is 218 Å². The zero-order chi connectivity index (χ0) is 28.5. The van der Waals surface area contributed by atoms with Gasteiger partial charge in [-0.2, -0.15) is 13.2 Å². The topological polar surface area (TPSA) is 124 Å². The van der Waals surface area contributed by atoms with E-state index < -0.39 is 53.4 Å². The maximum atomic E-state index is 14.4. The van der Waals surface area contributed by atoms with Crippen LogP contribution in [0.1, 0.15) is 34.0 Å². The molecule has 13 heteroatoms. The van der Waals surface area contributed by atoms with E-state index in [-0.39, 0.29) is 46.9 Å². The molecule has 2 atom stereocenters. The molecule has 0 saturated carbocycles. The van der Waals surface area contributed by atoms with Crippen LogP contribution < -0.4 is 20.5 Å². The van der Waals surface area contributed by atoms with Crippen molar-refractivity contribution in [3.05, 3.63) is 77.0 Å². The lowest BCUT2D eigenvalue weighted by Gasteiger charge is -2.31. The number of hydrogen-bond donors (Lipinski definition) is 3. The number of aromatic nitrogens is 1. The van der Waals surface area contributed by atoms with Gasteiger partial charge in [0, 0.05) is 29.0 Å². The Bertz CT molecular complexity index is 1410. The van der Waals surface area contributed by atoms with Gasteiger partial charge in [0.1, 0.15) is 17.3 Å². The summed E-state index contributed by atoms with van der Waals surface area (Å²) >= 11 is 0. The SMILES string of the molecule is COc1cc(C(=O)NCC(O)(c2cc3c(c(-c4ccc(F)cc4)n2)OC[C@H]3CC(N)=O)C(F)(F)F)ccc1F. The first kappa shape index (κ1) is 27.8. The molecule has 0 bridgehead atoms. The Morgan fingerprint density at radius 1 is 1.15 bits per heavy atom. The van der Waals surface area contributed by atoms with E-state index in [1.807, 2.05) is 5.32 Å². The van der Waals surface area contributed by atoms with Crippen molar-refractivity contribution in [1.29, 1.82) is 0 Å². The van der Waals surface area contributed by atoms with E-state index in [0.717, 1.165) is 43.5 Å². The number of nitrogens with zero attached hydrogens (tertiary/aromatic N) is 1. The predicted octanol–water partition coefficient (Wildman–Crippen LogP) is 3.57. The van der Waals surface area contributed by atoms with Crippen LogP contribution in [0.5, 0.6) is 11.5 Å². The molecule has 1 unspecified atom stereocenters. The molecule has 2 aromatic carbocycles. The lowest BCUT2D eigenvalue weighted by molar-refractivity contribution is -0.265. The van der Waals surface area contributed by atoms with Crippen molar-refractivity contribution in [1.82, 2.24) is 10.3 Å². The number of alkyl halides is 3. The van der Waals surface area contributed by atoms with Crippen molar-refractivity contribution in [2.24, 2.45) is 5.73 Å². The quantitative estimate of drug-likeness (QED) is 0.368. The van der Waals surface area contributed by atoms with Crippen LogP contribution in [0, 0.1) is 11.6 Å². The lowest BCUT2D eigenvalue weighted by atomic mass is 9.90. The zero-order valence-corrected chi connectivity index (χ0v) is 20.3. The Balaban J connectivity index is 1.78. The molecular formula is C26H22F5N3O5. The van der Waals surface area contributed by atoms with Gasteiger partial charge in [-0.1, -0.05) is 0 Å². The molecule has 0 fully saturated rings. The zero-order valence-electron chi connectivity index (χ0n) is 20.3. The summed E-state index contributed by atoms with van der Waals surface area (Å²) in [5.74, 6) is -4.16. The molecule has 1 aliphatic heterocycles. The minimum atomic E-state index is -5.35. The number of ether oxygens (including phenoxy) is 2. The predicted molar refractivity (Wildman–Crippen MR) is 127 cm³/mol. The molecule has 39 heavy (non-hydrogen) atoms. The molecule has 2 heterocycles. The normalized spacial score (nSPS) is 16.1. The van der Waals surface area contributed by atoms with Gasteiger partial charge in [0.15, 0.2) is 11.6 Å². The second kappa shape index (κ2) is 10.5. The molecule has 0 aliphatic carbocycles. The number of pyridine rings is 1. The van der Waals surface area contributed by atoms with E-state index in [4.69, 9.17) is 15.2 Å². The summed E-state index contributed by atoms with van der Waals surface area (Å²) in [6, 6.07) is 8.54. The third-order valence-electron chi connectivity index (χ3n) is 6.25. The first-order valence-electron chi connectivity index (χ1n) is 11.5. The summed E-state index contributed by atoms with van der Waals surface area (Å²) in [7, 11) is 1.15. The highest BCUT2D eigenvalue weighted by Gasteiger charge is 2.57. The number of fused-ring (bicyclic) bond motifs is 1. The third kappa shape index (κ3) is 5.48. The minimum absolute atomic E-state index is 0.0589. The van der Waals surface area contributed by atoms with Crippen LogP contribution in [0.15, 0.2) is 48.5 Å². The molecule has 0 saturated heterocycles. The first-order valence-corrected chi connectivity index (χ1v) is 11.5. The van der Waals surface area contributed by atoms with E-state index in [2.05, 4.69) is 4.98 Å². The molecule has 1 aliphatic rings. The molecular weight excluding hydrogens is 529 g/mol. The molecule has 206 valence electrons. The molecule has 2 amide bonds. The Morgan fingerprint density at radius 2 is 1.85 bits per heavy atom. The lowest BCUT2D eigenvalue weighted by Crippen LogP contribution is -2.51. The number of carbonyl (C=O) groups excluding carboxylic acids is 2. The third-order valence-corrected chi connectivity index (χ3v) is 6.25. The van der Waals surface area contributed by atoms with Gasteiger partial charge in [0.2, 0.25) is 11.5 Å². The fraction of sp³-hybridized carbons (Fsp3) is 0.269. The van der Waals surface area contributed by atoms with Crippen LogP contribution in [0.3, 0.4) is 0 Å². The van der Waals surface area contributed by atoms with Gasteiger partial charge in [0.05, 0.1) is 26.0 Å². The monoisotopic (exact) mass is 551 g/mol. The number of halogens is 5. The Morgan fingerprint density at radius 3 is 2.46 bits per heavy atom. The van der Waals surface area contributed by atoms with E-state index in [1.165, 1.54) is 12.1 Å². The van der Waals surface area contributed by atoms with E-state index in [9.17, 15) is 36.6 Å². The van der Waals surface area contributed by atoms with Gasteiger partial charge in [-0.3, -0.25) is 9.59 Å². The van der Waals surface area contributed by atoms with Crippen molar-refractivity contribution in [3.63, 3.8) is 0 Å². The van der Waals surface area contributed by atoms with Crippen molar-refractivity contribution in [3.8, 4) is 22.8 Å². The van der Waals surface area contributed by atoms with Crippen LogP contribution >= 0.6 is 0 Å². The van der Waals surface area contributed by atoms with Crippen molar-refractivity contribution >= 4 is 11.8 Å². The van der Waals surface area contributed by atoms with Crippen LogP contribution in [0.25, 0.3) is 11.3 Å². The summed E-state index contributed by atoms with van der Waals surface area (Å²) in [6.45, 7) is -1.46. The summed E-state index contributed by atoms with van der Waals surface area (Å²) in [5, 5.41) is 13.0. The second-order valence-electron chi connectivity index (χ2n) is 8.85. The van der Waals surface area contributed by atoms with E-state index >= 15 is 0 Å². The van der Waals surface area contributed by atoms with Gasteiger partial charge >= 0.3 is 6.18 Å². The number of primary amides is 1. The summed E-state index contributed by atoms with van der Waals surface area (Å²) in [5.41, 5.74) is 0.646. The molecule has 0 radical (unpaired) electrons. The van der Waals surface area contributed by atoms with Crippen molar-refractivity contribution < 1.29 is 46.1 Å². The van der Waals surface area contributed by atoms with Gasteiger partial charge in [-0.15, -0.1) is 0 Å². The van der Waals surface area contributed by atoms with E-state index in [0.29, 0.717) is 0 Å². The number of aliphatic hydroxyl groups is 1. The van der Waals surface area contributed by atoms with Crippen LogP contribution in [-0.2, 0) is 10.4 Å². The summed E-state index contributed by atoms with van der Waals surface area (Å²) in [4.78, 5) is 28.2. The highest BCUT2D eigenvalue weighted by Crippen LogP contribution is 2.46. The summed E-state index contributed by atoms with van der Waals surface area (Å²) < 4.78 is 80.8. The maximum Gasteiger partial charge on any atom is 0.424 e. The summed E-state index contributed by atoms with van der Waals surface area (Å²) in [6.07, 6.45) is -5.60. The van der Waals surface area contributed by atoms with Crippen molar-refractivity contribution in [2.75, 3.05) is 20.3 Å². The molecule has 4 N–H and O–H groups in total. The fourth-order valence-corrected chi connectivity index (χ4v) is 4.16. The first-order chi connectivity index (χ1) is 18.3. The Hall–Kier alpha value is -4.26. The maximum absolute atomic E-state index is 14.4. The number of nitrogens with two attached hydrogens (primary N) is 1. The van der Waals surface area contributed by atoms with Gasteiger partial charge in [-0.25, -0.2) is 13.8 Å². The number of carbonyl (C=O) groups is 2. The van der Waals surface area contributed by atoms with Crippen molar-refractivity contribution in [2.45, 2.75) is 24.1 Å². The molecule has 1 aromatic heterocycles. The fourth-order valence-electron chi connectivity index (χ4n) is 4.16. The average Bonchev–Trinajstić information content (AvgIpc) is 3.28. The number of nitrogens with one attached hydrogen (secondary N) is 1. The minimum Gasteiger partial charge on any atom is -0.494 e. The number of rotatable bonds is 8.